The first-order valence-corrected chi connectivity index (χ1v) is 6.19. The minimum Gasteiger partial charge on any atom is -0.492 e. The van der Waals surface area contributed by atoms with Crippen molar-refractivity contribution >= 4 is 16.9 Å². The number of esters is 1. The van der Waals surface area contributed by atoms with Crippen molar-refractivity contribution in [3.8, 4) is 5.75 Å². The number of aromatic nitrogens is 1. The maximum absolute atomic E-state index is 11.9. The second-order valence-corrected chi connectivity index (χ2v) is 4.26. The highest BCUT2D eigenvalue weighted by Gasteiger charge is 2.09. The number of ether oxygens (including phenoxy) is 2. The van der Waals surface area contributed by atoms with Crippen LogP contribution in [0.3, 0.4) is 0 Å². The second-order valence-electron chi connectivity index (χ2n) is 4.26. The van der Waals surface area contributed by atoms with Crippen molar-refractivity contribution in [2.24, 2.45) is 5.73 Å². The Kier molecular flexibility index (Phi) is 4.37. The molecule has 0 aliphatic carbocycles. The highest BCUT2D eigenvalue weighted by molar-refractivity contribution is 5.82. The predicted molar refractivity (Wildman–Crippen MR) is 74.8 cm³/mol. The quantitative estimate of drug-likeness (QED) is 0.779. The number of benzene rings is 1. The Bertz CT molecular complexity index is 678. The molecule has 20 heavy (non-hydrogen) atoms. The summed E-state index contributed by atoms with van der Waals surface area (Å²) in [5, 5.41) is 0.823. The smallest absolute Gasteiger partial charge is 0.310 e. The van der Waals surface area contributed by atoms with Crippen LogP contribution < -0.4 is 16.0 Å². The van der Waals surface area contributed by atoms with E-state index in [-0.39, 0.29) is 12.0 Å². The first-order valence-electron chi connectivity index (χ1n) is 6.19. The van der Waals surface area contributed by atoms with Crippen LogP contribution in [0.4, 0.5) is 0 Å². The Morgan fingerprint density at radius 3 is 2.85 bits per heavy atom. The standard InChI is InChI=1S/C14H16N2O4/c1-19-13(17)7-10-6-9-2-3-11(20-5-4-15)8-12(9)16-14(10)18/h2-3,6,8H,4-5,7,15H2,1H3,(H,16,18). The van der Waals surface area contributed by atoms with Gasteiger partial charge in [0.15, 0.2) is 0 Å². The number of hydrogen-bond donors (Lipinski definition) is 2. The number of pyridine rings is 1. The van der Waals surface area contributed by atoms with Crippen molar-refractivity contribution in [3.05, 3.63) is 40.2 Å². The number of hydrogen-bond acceptors (Lipinski definition) is 5. The zero-order valence-corrected chi connectivity index (χ0v) is 11.1. The maximum atomic E-state index is 11.9. The predicted octanol–water partition coefficient (Wildman–Crippen LogP) is 0.581. The lowest BCUT2D eigenvalue weighted by Crippen LogP contribution is -2.17. The summed E-state index contributed by atoms with van der Waals surface area (Å²) in [7, 11) is 1.29. The second kappa shape index (κ2) is 6.21. The first-order chi connectivity index (χ1) is 9.63. The molecule has 0 atom stereocenters. The molecule has 1 aromatic carbocycles. The van der Waals surface area contributed by atoms with Crippen molar-refractivity contribution in [2.75, 3.05) is 20.3 Å². The third-order valence-electron chi connectivity index (χ3n) is 2.84. The van der Waals surface area contributed by atoms with Crippen molar-refractivity contribution in [1.82, 2.24) is 4.98 Å². The van der Waals surface area contributed by atoms with Gasteiger partial charge in [-0.3, -0.25) is 9.59 Å². The molecular weight excluding hydrogens is 260 g/mol. The molecule has 1 aromatic heterocycles. The normalized spacial score (nSPS) is 10.5. The van der Waals surface area contributed by atoms with Gasteiger partial charge in [0.25, 0.3) is 5.56 Å². The van der Waals surface area contributed by atoms with E-state index in [9.17, 15) is 9.59 Å². The van der Waals surface area contributed by atoms with Gasteiger partial charge in [0.05, 0.1) is 19.0 Å². The van der Waals surface area contributed by atoms with Gasteiger partial charge in [0, 0.05) is 18.2 Å². The van der Waals surface area contributed by atoms with Crippen LogP contribution in [0.5, 0.6) is 5.75 Å². The van der Waals surface area contributed by atoms with E-state index in [2.05, 4.69) is 9.72 Å². The summed E-state index contributed by atoms with van der Waals surface area (Å²) in [6.45, 7) is 0.836. The summed E-state index contributed by atoms with van der Waals surface area (Å²) in [6, 6.07) is 7.02. The average molecular weight is 276 g/mol. The summed E-state index contributed by atoms with van der Waals surface area (Å²) in [5.41, 5.74) is 6.09. The van der Waals surface area contributed by atoms with E-state index >= 15 is 0 Å². The molecule has 0 spiro atoms. The number of carbonyl (C=O) groups is 1. The largest absolute Gasteiger partial charge is 0.492 e. The third-order valence-corrected chi connectivity index (χ3v) is 2.84. The molecule has 0 bridgehead atoms. The third kappa shape index (κ3) is 3.16. The maximum Gasteiger partial charge on any atom is 0.310 e. The summed E-state index contributed by atoms with van der Waals surface area (Å²) in [6.07, 6.45) is -0.0484. The molecule has 1 heterocycles. The van der Waals surface area contributed by atoms with Gasteiger partial charge >= 0.3 is 5.97 Å². The van der Waals surface area contributed by atoms with E-state index in [0.717, 1.165) is 5.39 Å². The molecular formula is C14H16N2O4. The summed E-state index contributed by atoms with van der Waals surface area (Å²) in [5.74, 6) is 0.192. The van der Waals surface area contributed by atoms with Gasteiger partial charge in [-0.25, -0.2) is 0 Å². The molecule has 6 nitrogen and oxygen atoms in total. The summed E-state index contributed by atoms with van der Waals surface area (Å²) < 4.78 is 9.96. The molecule has 0 radical (unpaired) electrons. The molecule has 2 rings (SSSR count). The van der Waals surface area contributed by atoms with Crippen molar-refractivity contribution in [1.29, 1.82) is 0 Å². The van der Waals surface area contributed by atoms with Crippen LogP contribution in [0.2, 0.25) is 0 Å². The first kappa shape index (κ1) is 14.1. The van der Waals surface area contributed by atoms with Gasteiger partial charge in [-0.1, -0.05) is 0 Å². The minimum absolute atomic E-state index is 0.0484. The zero-order valence-electron chi connectivity index (χ0n) is 11.1. The van der Waals surface area contributed by atoms with Gasteiger partial charge in [-0.05, 0) is 23.6 Å². The molecule has 0 aliphatic rings. The van der Waals surface area contributed by atoms with Gasteiger partial charge in [-0.15, -0.1) is 0 Å². The molecule has 106 valence electrons. The van der Waals surface area contributed by atoms with Gasteiger partial charge in [0.2, 0.25) is 0 Å². The Morgan fingerprint density at radius 1 is 1.35 bits per heavy atom. The van der Waals surface area contributed by atoms with Crippen LogP contribution in [0, 0.1) is 0 Å². The van der Waals surface area contributed by atoms with Crippen molar-refractivity contribution in [3.63, 3.8) is 0 Å². The Balaban J connectivity index is 2.35. The molecule has 6 heteroatoms. The summed E-state index contributed by atoms with van der Waals surface area (Å²) >= 11 is 0. The molecule has 0 saturated carbocycles. The van der Waals surface area contributed by atoms with Crippen LogP contribution in [-0.2, 0) is 16.0 Å². The number of nitrogens with one attached hydrogen (secondary N) is 1. The monoisotopic (exact) mass is 276 g/mol. The number of H-pyrrole nitrogens is 1. The number of nitrogens with two attached hydrogens (primary N) is 1. The van der Waals surface area contributed by atoms with Gasteiger partial charge in [0.1, 0.15) is 12.4 Å². The van der Waals surface area contributed by atoms with Crippen LogP contribution in [0.1, 0.15) is 5.56 Å². The minimum atomic E-state index is -0.447. The lowest BCUT2D eigenvalue weighted by Gasteiger charge is -2.07. The Labute approximate surface area is 115 Å². The van der Waals surface area contributed by atoms with E-state index < -0.39 is 5.97 Å². The van der Waals surface area contributed by atoms with E-state index in [1.165, 1.54) is 7.11 Å². The van der Waals surface area contributed by atoms with Gasteiger partial charge < -0.3 is 20.2 Å². The summed E-state index contributed by atoms with van der Waals surface area (Å²) in [4.78, 5) is 25.9. The fourth-order valence-corrected chi connectivity index (χ4v) is 1.85. The fourth-order valence-electron chi connectivity index (χ4n) is 1.85. The highest BCUT2D eigenvalue weighted by atomic mass is 16.5. The Hall–Kier alpha value is -2.34. The van der Waals surface area contributed by atoms with Crippen molar-refractivity contribution < 1.29 is 14.3 Å². The SMILES string of the molecule is COC(=O)Cc1cc2ccc(OCCN)cc2[nH]c1=O. The molecule has 0 saturated heterocycles. The van der Waals surface area contributed by atoms with Crippen molar-refractivity contribution in [2.45, 2.75) is 6.42 Å². The molecule has 0 aliphatic heterocycles. The Morgan fingerprint density at radius 2 is 2.15 bits per heavy atom. The van der Waals surface area contributed by atoms with Gasteiger partial charge in [-0.2, -0.15) is 0 Å². The van der Waals surface area contributed by atoms with E-state index in [4.69, 9.17) is 10.5 Å². The molecule has 2 aromatic rings. The average Bonchev–Trinajstić information content (AvgIpc) is 2.45. The number of methoxy groups -OCH3 is 1. The van der Waals surface area contributed by atoms with Crippen LogP contribution in [0.25, 0.3) is 10.9 Å². The number of aromatic amines is 1. The van der Waals surface area contributed by atoms with E-state index in [0.29, 0.717) is 30.0 Å². The molecule has 0 fully saturated rings. The zero-order chi connectivity index (χ0) is 14.5. The fraction of sp³-hybridized carbons (Fsp3) is 0.286. The number of carbonyl (C=O) groups excluding carboxylic acids is 1. The van der Waals surface area contributed by atoms with E-state index in [1.807, 2.05) is 6.07 Å². The lowest BCUT2D eigenvalue weighted by molar-refractivity contribution is -0.139. The molecule has 0 unspecified atom stereocenters. The molecule has 0 amide bonds. The molecule has 3 N–H and O–H groups in total. The highest BCUT2D eigenvalue weighted by Crippen LogP contribution is 2.19. The number of rotatable bonds is 5. The van der Waals surface area contributed by atoms with Crippen LogP contribution in [0.15, 0.2) is 29.1 Å². The number of fused-ring (bicyclic) bond motifs is 1. The topological polar surface area (TPSA) is 94.4 Å². The van der Waals surface area contributed by atoms with E-state index in [1.54, 1.807) is 18.2 Å². The van der Waals surface area contributed by atoms with Crippen LogP contribution in [-0.4, -0.2) is 31.2 Å². The lowest BCUT2D eigenvalue weighted by atomic mass is 10.1. The van der Waals surface area contributed by atoms with Crippen LogP contribution >= 0.6 is 0 Å².